The summed E-state index contributed by atoms with van der Waals surface area (Å²) < 4.78 is 45.8. The normalized spacial score (nSPS) is 23.4. The fourth-order valence-electron chi connectivity index (χ4n) is 3.63. The molecule has 2 aliphatic carbocycles. The average molecular weight is 338 g/mol. The highest BCUT2D eigenvalue weighted by Crippen LogP contribution is 2.33. The van der Waals surface area contributed by atoms with Crippen molar-refractivity contribution < 1.29 is 22.7 Å². The Labute approximate surface area is 139 Å². The minimum Gasteiger partial charge on any atom is -0.431 e. The predicted octanol–water partition coefficient (Wildman–Crippen LogP) is 5.15. The highest BCUT2D eigenvalue weighted by Gasteiger charge is 2.28. The van der Waals surface area contributed by atoms with E-state index in [-0.39, 0.29) is 29.4 Å². The SMILES string of the molecule is CCC1CCC(C(=O)OC2=Cc3cc(F)c(F)c(F)c3CC2)CC1. The molecule has 0 atom stereocenters. The highest BCUT2D eigenvalue weighted by atomic mass is 19.2. The van der Waals surface area contributed by atoms with Crippen LogP contribution in [0.4, 0.5) is 13.2 Å². The molecule has 24 heavy (non-hydrogen) atoms. The van der Waals surface area contributed by atoms with Crippen molar-refractivity contribution in [2.45, 2.75) is 51.9 Å². The standard InChI is InChI=1S/C19H21F3O2/c1-2-11-3-5-12(6-4-11)19(23)24-14-7-8-15-13(9-14)10-16(20)18(22)17(15)21/h9-12H,2-8H2,1H3. The Hall–Kier alpha value is -1.78. The number of carbonyl (C=O) groups is 1. The number of fused-ring (bicyclic) bond motifs is 1. The third-order valence-electron chi connectivity index (χ3n) is 5.23. The van der Waals surface area contributed by atoms with Crippen LogP contribution in [0.15, 0.2) is 11.8 Å². The molecule has 2 nitrogen and oxygen atoms in total. The summed E-state index contributed by atoms with van der Waals surface area (Å²) in [5, 5.41) is 0. The van der Waals surface area contributed by atoms with Crippen LogP contribution in [0.3, 0.4) is 0 Å². The van der Waals surface area contributed by atoms with Gasteiger partial charge in [-0.2, -0.15) is 0 Å². The van der Waals surface area contributed by atoms with Gasteiger partial charge in [-0.25, -0.2) is 13.2 Å². The van der Waals surface area contributed by atoms with Gasteiger partial charge in [-0.15, -0.1) is 0 Å². The number of halogens is 3. The Balaban J connectivity index is 1.70. The van der Waals surface area contributed by atoms with E-state index >= 15 is 0 Å². The number of ether oxygens (including phenoxy) is 1. The lowest BCUT2D eigenvalue weighted by Gasteiger charge is -2.27. The highest BCUT2D eigenvalue weighted by molar-refractivity contribution is 5.75. The number of rotatable bonds is 3. The Morgan fingerprint density at radius 2 is 1.83 bits per heavy atom. The molecular weight excluding hydrogens is 317 g/mol. The number of carbonyl (C=O) groups excluding carboxylic acids is 1. The zero-order chi connectivity index (χ0) is 17.3. The summed E-state index contributed by atoms with van der Waals surface area (Å²) in [6.07, 6.45) is 6.82. The number of hydrogen-bond donors (Lipinski definition) is 0. The molecule has 0 radical (unpaired) electrons. The van der Waals surface area contributed by atoms with Crippen molar-refractivity contribution in [3.8, 4) is 0 Å². The van der Waals surface area contributed by atoms with Crippen LogP contribution in [0.2, 0.25) is 0 Å². The molecule has 0 amide bonds. The zero-order valence-electron chi connectivity index (χ0n) is 13.7. The Bertz CT molecular complexity index is 674. The van der Waals surface area contributed by atoms with E-state index in [1.807, 2.05) is 0 Å². The molecule has 5 heteroatoms. The van der Waals surface area contributed by atoms with E-state index in [1.54, 1.807) is 0 Å². The first-order chi connectivity index (χ1) is 11.5. The van der Waals surface area contributed by atoms with E-state index in [0.717, 1.165) is 38.2 Å². The van der Waals surface area contributed by atoms with E-state index in [4.69, 9.17) is 4.74 Å². The van der Waals surface area contributed by atoms with Crippen LogP contribution < -0.4 is 0 Å². The summed E-state index contributed by atoms with van der Waals surface area (Å²) in [5.74, 6) is -3.10. The van der Waals surface area contributed by atoms with Crippen LogP contribution in [0, 0.1) is 29.3 Å². The van der Waals surface area contributed by atoms with Crippen molar-refractivity contribution in [3.05, 3.63) is 40.4 Å². The summed E-state index contributed by atoms with van der Waals surface area (Å²) in [6.45, 7) is 2.16. The largest absolute Gasteiger partial charge is 0.431 e. The monoisotopic (exact) mass is 338 g/mol. The minimum atomic E-state index is -1.45. The Morgan fingerprint density at radius 1 is 1.12 bits per heavy atom. The third-order valence-corrected chi connectivity index (χ3v) is 5.23. The van der Waals surface area contributed by atoms with Crippen molar-refractivity contribution >= 4 is 12.0 Å². The van der Waals surface area contributed by atoms with Crippen molar-refractivity contribution in [3.63, 3.8) is 0 Å². The lowest BCUT2D eigenvalue weighted by Crippen LogP contribution is -2.24. The molecule has 0 aromatic heterocycles. The van der Waals surface area contributed by atoms with Crippen LogP contribution in [0.25, 0.3) is 6.08 Å². The van der Waals surface area contributed by atoms with Crippen LogP contribution in [-0.2, 0) is 16.0 Å². The van der Waals surface area contributed by atoms with Crippen LogP contribution in [0.5, 0.6) is 0 Å². The molecule has 1 aromatic carbocycles. The maximum Gasteiger partial charge on any atom is 0.314 e. The predicted molar refractivity (Wildman–Crippen MR) is 84.4 cm³/mol. The molecular formula is C19H21F3O2. The lowest BCUT2D eigenvalue weighted by atomic mass is 9.81. The molecule has 0 aliphatic heterocycles. The summed E-state index contributed by atoms with van der Waals surface area (Å²) >= 11 is 0. The second kappa shape index (κ2) is 6.99. The molecule has 130 valence electrons. The molecule has 2 aliphatic rings. The van der Waals surface area contributed by atoms with Crippen LogP contribution in [-0.4, -0.2) is 5.97 Å². The number of allylic oxidation sites excluding steroid dienone is 1. The first kappa shape index (κ1) is 17.1. The van der Waals surface area contributed by atoms with Gasteiger partial charge in [0.1, 0.15) is 5.76 Å². The third kappa shape index (κ3) is 3.35. The molecule has 1 saturated carbocycles. The first-order valence-electron chi connectivity index (χ1n) is 8.58. The summed E-state index contributed by atoms with van der Waals surface area (Å²) in [7, 11) is 0. The second-order valence-corrected chi connectivity index (χ2v) is 6.71. The second-order valence-electron chi connectivity index (χ2n) is 6.71. The molecule has 0 saturated heterocycles. The molecule has 0 spiro atoms. The molecule has 0 unspecified atom stereocenters. The van der Waals surface area contributed by atoms with Crippen molar-refractivity contribution in [2.24, 2.45) is 11.8 Å². The summed E-state index contributed by atoms with van der Waals surface area (Å²) in [6, 6.07) is 0.952. The van der Waals surface area contributed by atoms with Gasteiger partial charge in [0.2, 0.25) is 0 Å². The molecule has 3 rings (SSSR count). The van der Waals surface area contributed by atoms with Crippen molar-refractivity contribution in [1.82, 2.24) is 0 Å². The number of hydrogen-bond acceptors (Lipinski definition) is 2. The molecule has 0 N–H and O–H groups in total. The zero-order valence-corrected chi connectivity index (χ0v) is 13.7. The van der Waals surface area contributed by atoms with E-state index in [0.29, 0.717) is 18.1 Å². The van der Waals surface area contributed by atoms with E-state index in [1.165, 1.54) is 6.08 Å². The van der Waals surface area contributed by atoms with Gasteiger partial charge in [0.25, 0.3) is 0 Å². The van der Waals surface area contributed by atoms with E-state index in [2.05, 4.69) is 6.92 Å². The van der Waals surface area contributed by atoms with Gasteiger partial charge < -0.3 is 4.74 Å². The van der Waals surface area contributed by atoms with Crippen LogP contribution in [0.1, 0.15) is 56.6 Å². The van der Waals surface area contributed by atoms with Gasteiger partial charge in [0, 0.05) is 6.42 Å². The smallest absolute Gasteiger partial charge is 0.314 e. The van der Waals surface area contributed by atoms with Gasteiger partial charge >= 0.3 is 5.97 Å². The Morgan fingerprint density at radius 3 is 2.50 bits per heavy atom. The topological polar surface area (TPSA) is 26.3 Å². The van der Waals surface area contributed by atoms with Crippen molar-refractivity contribution in [1.29, 1.82) is 0 Å². The van der Waals surface area contributed by atoms with Gasteiger partial charge in [0.15, 0.2) is 17.5 Å². The first-order valence-corrected chi connectivity index (χ1v) is 8.58. The molecule has 0 bridgehead atoms. The van der Waals surface area contributed by atoms with E-state index < -0.39 is 17.5 Å². The minimum absolute atomic E-state index is 0.100. The maximum absolute atomic E-state index is 13.7. The molecule has 0 heterocycles. The number of benzene rings is 1. The van der Waals surface area contributed by atoms with Crippen molar-refractivity contribution in [2.75, 3.05) is 0 Å². The van der Waals surface area contributed by atoms with Gasteiger partial charge in [-0.05, 0) is 61.3 Å². The van der Waals surface area contributed by atoms with E-state index in [9.17, 15) is 18.0 Å². The van der Waals surface area contributed by atoms with Gasteiger partial charge in [0.05, 0.1) is 5.92 Å². The van der Waals surface area contributed by atoms with Gasteiger partial charge in [-0.1, -0.05) is 13.3 Å². The lowest BCUT2D eigenvalue weighted by molar-refractivity contribution is -0.145. The molecule has 1 aromatic rings. The summed E-state index contributed by atoms with van der Waals surface area (Å²) in [5.41, 5.74) is 0.382. The summed E-state index contributed by atoms with van der Waals surface area (Å²) in [4.78, 5) is 12.3. The maximum atomic E-state index is 13.7. The fourth-order valence-corrected chi connectivity index (χ4v) is 3.63. The molecule has 1 fully saturated rings. The number of esters is 1. The fraction of sp³-hybridized carbons (Fsp3) is 0.526. The average Bonchev–Trinajstić information content (AvgIpc) is 2.59. The quantitative estimate of drug-likeness (QED) is 0.563. The van der Waals surface area contributed by atoms with Crippen LogP contribution >= 0.6 is 0 Å². The van der Waals surface area contributed by atoms with Gasteiger partial charge in [-0.3, -0.25) is 4.79 Å². The Kier molecular flexibility index (Phi) is 4.97.